The first kappa shape index (κ1) is 15.6. The van der Waals surface area contributed by atoms with E-state index in [1.165, 1.54) is 0 Å². The van der Waals surface area contributed by atoms with Gasteiger partial charge < -0.3 is 4.42 Å². The summed E-state index contributed by atoms with van der Waals surface area (Å²) in [5.41, 5.74) is -0.763. The van der Waals surface area contributed by atoms with Gasteiger partial charge in [-0.15, -0.1) is 0 Å². The fourth-order valence-corrected chi connectivity index (χ4v) is 6.72. The summed E-state index contributed by atoms with van der Waals surface area (Å²) in [5.74, 6) is 0. The molecule has 10 aromatic rings. The average molecular weight is 640 g/mol. The first-order valence-corrected chi connectivity index (χ1v) is 15.5. The fraction of sp³-hybridized carbons (Fsp3) is 0. The van der Waals surface area contributed by atoms with Gasteiger partial charge in [0.1, 0.15) is 11.2 Å². The van der Waals surface area contributed by atoms with E-state index in [0.29, 0.717) is 16.3 Å². The van der Waals surface area contributed by atoms with Crippen molar-refractivity contribution in [2.75, 3.05) is 0 Å². The van der Waals surface area contributed by atoms with Crippen molar-refractivity contribution in [3.05, 3.63) is 182 Å². The van der Waals surface area contributed by atoms with Crippen molar-refractivity contribution in [3.8, 4) is 44.5 Å². The van der Waals surface area contributed by atoms with Crippen molar-refractivity contribution >= 4 is 54.3 Å². The number of hydrogen-bond donors (Lipinski definition) is 0. The molecule has 0 spiro atoms. The van der Waals surface area contributed by atoms with E-state index in [9.17, 15) is 9.60 Å². The van der Waals surface area contributed by atoms with Gasteiger partial charge in [-0.3, -0.25) is 0 Å². The Hall–Kier alpha value is -6.44. The van der Waals surface area contributed by atoms with Crippen LogP contribution in [-0.4, -0.2) is 0 Å². The van der Waals surface area contributed by atoms with Crippen LogP contribution in [0, 0.1) is 0 Å². The molecule has 0 aliphatic rings. The smallest absolute Gasteiger partial charge is 0.143 e. The van der Waals surface area contributed by atoms with Gasteiger partial charge in [0.05, 0.1) is 23.3 Å². The molecule has 0 aliphatic carbocycles. The molecule has 0 radical (unpaired) electrons. The molecule has 0 saturated carbocycles. The van der Waals surface area contributed by atoms with Crippen LogP contribution >= 0.6 is 0 Å². The van der Waals surface area contributed by atoms with Gasteiger partial charge in [-0.2, -0.15) is 0 Å². The molecule has 1 nitrogen and oxygen atoms in total. The zero-order chi connectivity index (χ0) is 47.1. The Labute approximate surface area is 308 Å². The minimum absolute atomic E-state index is 0.00436. The predicted molar refractivity (Wildman–Crippen MR) is 208 cm³/mol. The lowest BCUT2D eigenvalue weighted by Gasteiger charge is -2.19. The Morgan fingerprint density at radius 3 is 1.65 bits per heavy atom. The van der Waals surface area contributed by atoms with E-state index < -0.39 is 136 Å². The number of benzene rings is 9. The van der Waals surface area contributed by atoms with E-state index in [1.807, 2.05) is 66.7 Å². The van der Waals surface area contributed by atoms with Gasteiger partial charge in [0, 0.05) is 16.3 Å². The molecule has 0 unspecified atom stereocenters. The Morgan fingerprint density at radius 1 is 0.347 bits per heavy atom. The highest BCUT2D eigenvalue weighted by atomic mass is 16.3. The summed E-state index contributed by atoms with van der Waals surface area (Å²) < 4.78 is 159. The maximum absolute atomic E-state index is 9.84. The maximum atomic E-state index is 9.84. The first-order valence-electron chi connectivity index (χ1n) is 24.0. The Kier molecular flexibility index (Phi) is 3.54. The zero-order valence-electron chi connectivity index (χ0n) is 42.4. The van der Waals surface area contributed by atoms with Gasteiger partial charge in [-0.05, 0) is 83.3 Å². The van der Waals surface area contributed by atoms with Gasteiger partial charge >= 0.3 is 0 Å². The lowest BCUT2D eigenvalue weighted by atomic mass is 9.84. The number of hydrogen-bond acceptors (Lipinski definition) is 1. The van der Waals surface area contributed by atoms with E-state index >= 15 is 0 Å². The number of para-hydroxylation sites is 1. The summed E-state index contributed by atoms with van der Waals surface area (Å²) in [5, 5.41) is 1.52. The van der Waals surface area contributed by atoms with Crippen LogP contribution < -0.4 is 0 Å². The highest BCUT2D eigenvalue weighted by Crippen LogP contribution is 2.47. The molecule has 0 aliphatic heterocycles. The predicted octanol–water partition coefficient (Wildman–Crippen LogP) is 13.7. The molecule has 1 heterocycles. The molecule has 9 aromatic carbocycles. The number of furan rings is 1. The standard InChI is InChI=1S/C48H30O/c1-3-14-31(15-4-1)35-24-13-25-43-44-30-33(26-29-45(44)49-48(35)43)34-27-28-42(37-19-8-7-18-36(34)37)47-40-22-11-9-20-38(40)46(32-16-5-2-6-17-32)39-21-10-12-23-41(39)47/h1-30H/i1D,3D,4D,7D,8D,13D,14D,15D,18D,19D,24D,25D,26D,27D,28D,29D,30D. The lowest BCUT2D eigenvalue weighted by molar-refractivity contribution is 0.670. The van der Waals surface area contributed by atoms with Gasteiger partial charge in [-0.1, -0.05) is 169 Å². The summed E-state index contributed by atoms with van der Waals surface area (Å²) >= 11 is 0. The molecule has 228 valence electrons. The van der Waals surface area contributed by atoms with Crippen LogP contribution in [0.25, 0.3) is 98.8 Å². The Morgan fingerprint density at radius 2 is 0.939 bits per heavy atom. The molecule has 0 atom stereocenters. The van der Waals surface area contributed by atoms with Crippen molar-refractivity contribution in [1.82, 2.24) is 0 Å². The minimum Gasteiger partial charge on any atom is -0.455 e. The lowest BCUT2D eigenvalue weighted by Crippen LogP contribution is -1.92. The van der Waals surface area contributed by atoms with E-state index in [0.717, 1.165) is 21.9 Å². The van der Waals surface area contributed by atoms with Crippen molar-refractivity contribution in [1.29, 1.82) is 0 Å². The van der Waals surface area contributed by atoms with Crippen molar-refractivity contribution < 1.29 is 27.7 Å². The molecule has 0 fully saturated rings. The normalized spacial score (nSPS) is 16.5. The van der Waals surface area contributed by atoms with Crippen LogP contribution in [0.2, 0.25) is 0 Å². The van der Waals surface area contributed by atoms with E-state index in [1.54, 1.807) is 12.1 Å². The quantitative estimate of drug-likeness (QED) is 0.175. The molecule has 10 rings (SSSR count). The second kappa shape index (κ2) is 11.1. The van der Waals surface area contributed by atoms with Crippen LogP contribution in [0.5, 0.6) is 0 Å². The molecule has 0 bridgehead atoms. The molecule has 1 aromatic heterocycles. The molecule has 0 amide bonds. The fourth-order valence-electron chi connectivity index (χ4n) is 6.72. The number of fused-ring (bicyclic) bond motifs is 6. The largest absolute Gasteiger partial charge is 0.455 e. The van der Waals surface area contributed by atoms with Crippen LogP contribution in [0.4, 0.5) is 0 Å². The van der Waals surface area contributed by atoms with E-state index in [2.05, 4.69) is 0 Å². The van der Waals surface area contributed by atoms with Crippen LogP contribution in [0.3, 0.4) is 0 Å². The second-order valence-electron chi connectivity index (χ2n) is 11.5. The maximum Gasteiger partial charge on any atom is 0.143 e. The SMILES string of the molecule is [2H]c1c([2H])c([2H])c(-c2c([2H])c([2H])c([2H])c3c2oc2c([2H])c([2H])c(-c4c([2H])c([2H])c(-c5c6ccccc6c(-c6ccccc6)c6ccccc56)c5c([2H])c([2H])c([2H])c([2H])c45)c([2H])c23)c([2H])c1[2H]. The van der Waals surface area contributed by atoms with Crippen molar-refractivity contribution in [2.24, 2.45) is 0 Å². The van der Waals surface area contributed by atoms with Gasteiger partial charge in [0.2, 0.25) is 0 Å². The Bertz CT molecular complexity index is 3760. The monoisotopic (exact) mass is 639 g/mol. The van der Waals surface area contributed by atoms with E-state index in [-0.39, 0.29) is 27.1 Å². The highest BCUT2D eigenvalue weighted by molar-refractivity contribution is 6.24. The molecule has 49 heavy (non-hydrogen) atoms. The third-order valence-corrected chi connectivity index (χ3v) is 8.81. The van der Waals surface area contributed by atoms with Crippen LogP contribution in [0.15, 0.2) is 186 Å². The third-order valence-electron chi connectivity index (χ3n) is 8.81. The first-order chi connectivity index (χ1) is 31.4. The second-order valence-corrected chi connectivity index (χ2v) is 11.5. The average Bonchev–Trinajstić information content (AvgIpc) is 3.73. The van der Waals surface area contributed by atoms with Crippen LogP contribution in [0.1, 0.15) is 23.3 Å². The topological polar surface area (TPSA) is 13.1 Å². The molecule has 1 heteroatoms. The summed E-state index contributed by atoms with van der Waals surface area (Å²) in [7, 11) is 0. The van der Waals surface area contributed by atoms with Gasteiger partial charge in [-0.25, -0.2) is 0 Å². The highest BCUT2D eigenvalue weighted by Gasteiger charge is 2.19. The van der Waals surface area contributed by atoms with Gasteiger partial charge in [0.25, 0.3) is 0 Å². The van der Waals surface area contributed by atoms with Gasteiger partial charge in [0.15, 0.2) is 0 Å². The summed E-state index contributed by atoms with van der Waals surface area (Å²) in [6.45, 7) is 0. The summed E-state index contributed by atoms with van der Waals surface area (Å²) in [6, 6.07) is 12.7. The zero-order valence-corrected chi connectivity index (χ0v) is 25.4. The summed E-state index contributed by atoms with van der Waals surface area (Å²) in [4.78, 5) is 0. The molecule has 0 N–H and O–H groups in total. The van der Waals surface area contributed by atoms with Crippen LogP contribution in [-0.2, 0) is 0 Å². The summed E-state index contributed by atoms with van der Waals surface area (Å²) in [6.07, 6.45) is 0. The molecular weight excluding hydrogens is 593 g/mol. The van der Waals surface area contributed by atoms with Crippen molar-refractivity contribution in [2.45, 2.75) is 0 Å². The van der Waals surface area contributed by atoms with Crippen molar-refractivity contribution in [3.63, 3.8) is 0 Å². The Balaban J connectivity index is 1.39. The van der Waals surface area contributed by atoms with E-state index in [4.69, 9.17) is 18.1 Å². The number of rotatable bonds is 4. The molecule has 0 saturated heterocycles. The third kappa shape index (κ3) is 4.33. The molecular formula is C48H30O. The minimum atomic E-state index is -0.772.